The van der Waals surface area contributed by atoms with Gasteiger partial charge in [-0.3, -0.25) is 0 Å². The Labute approximate surface area is 131 Å². The molecule has 0 heterocycles. The van der Waals surface area contributed by atoms with Crippen molar-refractivity contribution >= 4 is 11.7 Å². The minimum Gasteiger partial charge on any atom is -0.497 e. The second-order valence-corrected chi connectivity index (χ2v) is 5.34. The van der Waals surface area contributed by atoms with Crippen molar-refractivity contribution in [3.63, 3.8) is 0 Å². The molecule has 2 amide bonds. The fourth-order valence-corrected chi connectivity index (χ4v) is 2.24. The summed E-state index contributed by atoms with van der Waals surface area (Å²) in [5.74, 6) is 0.779. The Hall–Kier alpha value is -2.49. The summed E-state index contributed by atoms with van der Waals surface area (Å²) in [5, 5.41) is 5.84. The zero-order chi connectivity index (χ0) is 16.1. The summed E-state index contributed by atoms with van der Waals surface area (Å²) in [7, 11) is 1.63. The van der Waals surface area contributed by atoms with Crippen LogP contribution in [0.4, 0.5) is 10.5 Å². The summed E-state index contributed by atoms with van der Waals surface area (Å²) in [5.41, 5.74) is 4.05. The third kappa shape index (κ3) is 3.79. The zero-order valence-corrected chi connectivity index (χ0v) is 13.4. The van der Waals surface area contributed by atoms with E-state index in [1.54, 1.807) is 7.11 Å². The van der Waals surface area contributed by atoms with Gasteiger partial charge in [0.2, 0.25) is 0 Å². The number of carbonyl (C=O) groups excluding carboxylic acids is 1. The quantitative estimate of drug-likeness (QED) is 0.889. The molecule has 2 aromatic carbocycles. The van der Waals surface area contributed by atoms with Gasteiger partial charge in [-0.25, -0.2) is 4.79 Å². The van der Waals surface area contributed by atoms with Gasteiger partial charge in [0.25, 0.3) is 0 Å². The average molecular weight is 298 g/mol. The van der Waals surface area contributed by atoms with Crippen LogP contribution in [0.1, 0.15) is 29.7 Å². The lowest BCUT2D eigenvalue weighted by Gasteiger charge is -2.17. The van der Waals surface area contributed by atoms with Gasteiger partial charge < -0.3 is 15.4 Å². The smallest absolute Gasteiger partial charge is 0.319 e. The Balaban J connectivity index is 2.03. The van der Waals surface area contributed by atoms with Crippen LogP contribution in [0.5, 0.6) is 5.75 Å². The number of ether oxygens (including phenoxy) is 1. The molecule has 0 aliphatic carbocycles. The van der Waals surface area contributed by atoms with E-state index in [9.17, 15) is 4.79 Å². The second kappa shape index (κ2) is 6.98. The van der Waals surface area contributed by atoms with Gasteiger partial charge in [0, 0.05) is 5.69 Å². The average Bonchev–Trinajstić information content (AvgIpc) is 2.51. The van der Waals surface area contributed by atoms with Crippen LogP contribution in [0.2, 0.25) is 0 Å². The van der Waals surface area contributed by atoms with Crippen molar-refractivity contribution in [2.75, 3.05) is 12.4 Å². The first-order valence-electron chi connectivity index (χ1n) is 7.29. The molecule has 0 bridgehead atoms. The predicted octanol–water partition coefficient (Wildman–Crippen LogP) is 4.19. The van der Waals surface area contributed by atoms with Crippen LogP contribution in [0.25, 0.3) is 0 Å². The zero-order valence-electron chi connectivity index (χ0n) is 13.4. The number of nitrogens with one attached hydrogen (secondary N) is 2. The number of hydrogen-bond donors (Lipinski definition) is 2. The molecule has 0 fully saturated rings. The number of anilines is 1. The van der Waals surface area contributed by atoms with E-state index in [0.29, 0.717) is 0 Å². The molecule has 0 radical (unpaired) electrons. The molecule has 4 nitrogen and oxygen atoms in total. The van der Waals surface area contributed by atoms with Crippen LogP contribution < -0.4 is 15.4 Å². The van der Waals surface area contributed by atoms with Crippen molar-refractivity contribution in [1.29, 1.82) is 0 Å². The Morgan fingerprint density at radius 3 is 2.59 bits per heavy atom. The maximum atomic E-state index is 12.2. The van der Waals surface area contributed by atoms with Crippen LogP contribution in [0.15, 0.2) is 42.5 Å². The summed E-state index contributed by atoms with van der Waals surface area (Å²) in [6, 6.07) is 13.2. The molecule has 2 N–H and O–H groups in total. The minimum atomic E-state index is -0.219. The lowest BCUT2D eigenvalue weighted by atomic mass is 10.1. The number of urea groups is 1. The maximum Gasteiger partial charge on any atom is 0.319 e. The first-order valence-corrected chi connectivity index (χ1v) is 7.29. The molecule has 0 aliphatic heterocycles. The van der Waals surface area contributed by atoms with Crippen molar-refractivity contribution < 1.29 is 9.53 Å². The molecule has 0 saturated carbocycles. The SMILES string of the molecule is COc1cccc([C@H](C)NC(=O)Nc2cccc(C)c2C)c1. The van der Waals surface area contributed by atoms with Crippen molar-refractivity contribution in [2.45, 2.75) is 26.8 Å². The lowest BCUT2D eigenvalue weighted by Crippen LogP contribution is -2.31. The molecule has 2 aromatic rings. The fourth-order valence-electron chi connectivity index (χ4n) is 2.24. The van der Waals surface area contributed by atoms with Gasteiger partial charge in [-0.05, 0) is 55.7 Å². The Bertz CT molecular complexity index is 668. The molecule has 0 saturated heterocycles. The number of rotatable bonds is 4. The standard InChI is InChI=1S/C18H22N2O2/c1-12-7-5-10-17(13(12)2)20-18(21)19-14(3)15-8-6-9-16(11-15)22-4/h5-11,14H,1-4H3,(H2,19,20,21)/t14-/m0/s1. The predicted molar refractivity (Wildman–Crippen MR) is 89.5 cm³/mol. The number of aryl methyl sites for hydroxylation is 1. The van der Waals surface area contributed by atoms with Gasteiger partial charge in [-0.15, -0.1) is 0 Å². The number of amides is 2. The van der Waals surface area contributed by atoms with E-state index in [-0.39, 0.29) is 12.1 Å². The summed E-state index contributed by atoms with van der Waals surface area (Å²) in [6.07, 6.45) is 0. The Morgan fingerprint density at radius 2 is 1.86 bits per heavy atom. The molecule has 22 heavy (non-hydrogen) atoms. The molecule has 1 atom stereocenters. The van der Waals surface area contributed by atoms with Gasteiger partial charge >= 0.3 is 6.03 Å². The van der Waals surface area contributed by atoms with Crippen molar-refractivity contribution in [3.8, 4) is 5.75 Å². The van der Waals surface area contributed by atoms with Crippen LogP contribution in [-0.2, 0) is 0 Å². The molecule has 0 aliphatic rings. The lowest BCUT2D eigenvalue weighted by molar-refractivity contribution is 0.249. The van der Waals surface area contributed by atoms with E-state index in [4.69, 9.17) is 4.74 Å². The first-order chi connectivity index (χ1) is 10.5. The highest BCUT2D eigenvalue weighted by Crippen LogP contribution is 2.20. The largest absolute Gasteiger partial charge is 0.497 e. The van der Waals surface area contributed by atoms with Gasteiger partial charge in [-0.1, -0.05) is 24.3 Å². The summed E-state index contributed by atoms with van der Waals surface area (Å²) in [4.78, 5) is 12.2. The van der Waals surface area contributed by atoms with E-state index in [1.165, 1.54) is 0 Å². The minimum absolute atomic E-state index is 0.111. The van der Waals surface area contributed by atoms with E-state index in [1.807, 2.05) is 63.2 Å². The van der Waals surface area contributed by atoms with E-state index >= 15 is 0 Å². The second-order valence-electron chi connectivity index (χ2n) is 5.34. The van der Waals surface area contributed by atoms with Crippen LogP contribution in [-0.4, -0.2) is 13.1 Å². The summed E-state index contributed by atoms with van der Waals surface area (Å²) < 4.78 is 5.21. The van der Waals surface area contributed by atoms with Gasteiger partial charge in [0.1, 0.15) is 5.75 Å². The molecule has 0 unspecified atom stereocenters. The molecule has 2 rings (SSSR count). The highest BCUT2D eigenvalue weighted by molar-refractivity contribution is 5.90. The highest BCUT2D eigenvalue weighted by atomic mass is 16.5. The molecular weight excluding hydrogens is 276 g/mol. The summed E-state index contributed by atoms with van der Waals surface area (Å²) in [6.45, 7) is 5.96. The Morgan fingerprint density at radius 1 is 1.14 bits per heavy atom. The van der Waals surface area contributed by atoms with E-state index in [0.717, 1.165) is 28.1 Å². The van der Waals surface area contributed by atoms with Crippen LogP contribution >= 0.6 is 0 Å². The topological polar surface area (TPSA) is 50.4 Å². The third-order valence-electron chi connectivity index (χ3n) is 3.79. The third-order valence-corrected chi connectivity index (χ3v) is 3.79. The number of carbonyl (C=O) groups is 1. The van der Waals surface area contributed by atoms with Crippen molar-refractivity contribution in [3.05, 3.63) is 59.2 Å². The number of benzene rings is 2. The fraction of sp³-hybridized carbons (Fsp3) is 0.278. The van der Waals surface area contributed by atoms with E-state index in [2.05, 4.69) is 10.6 Å². The first kappa shape index (κ1) is 15.9. The van der Waals surface area contributed by atoms with Gasteiger partial charge in [-0.2, -0.15) is 0 Å². The number of methoxy groups -OCH3 is 1. The number of hydrogen-bond acceptors (Lipinski definition) is 2. The van der Waals surface area contributed by atoms with E-state index < -0.39 is 0 Å². The normalized spacial score (nSPS) is 11.6. The van der Waals surface area contributed by atoms with Crippen LogP contribution in [0.3, 0.4) is 0 Å². The van der Waals surface area contributed by atoms with Crippen molar-refractivity contribution in [1.82, 2.24) is 5.32 Å². The van der Waals surface area contributed by atoms with Gasteiger partial charge in [0.15, 0.2) is 0 Å². The van der Waals surface area contributed by atoms with Crippen LogP contribution in [0, 0.1) is 13.8 Å². The molecule has 0 aromatic heterocycles. The highest BCUT2D eigenvalue weighted by Gasteiger charge is 2.11. The molecule has 0 spiro atoms. The summed E-state index contributed by atoms with van der Waals surface area (Å²) >= 11 is 0. The monoisotopic (exact) mass is 298 g/mol. The molecular formula is C18H22N2O2. The van der Waals surface area contributed by atoms with Gasteiger partial charge in [0.05, 0.1) is 13.2 Å². The molecule has 116 valence electrons. The maximum absolute atomic E-state index is 12.2. The Kier molecular flexibility index (Phi) is 5.04. The van der Waals surface area contributed by atoms with Crippen molar-refractivity contribution in [2.24, 2.45) is 0 Å². The molecule has 4 heteroatoms.